The maximum Gasteiger partial charge on any atom is 0.221 e. The lowest BCUT2D eigenvalue weighted by atomic mass is 9.97. The second-order valence-electron chi connectivity index (χ2n) is 7.71. The monoisotopic (exact) mass is 428 g/mol. The molecule has 0 bridgehead atoms. The van der Waals surface area contributed by atoms with E-state index < -0.39 is 17.5 Å². The Hall–Kier alpha value is -3.26. The molecular weight excluding hydrogens is 402 g/mol. The van der Waals surface area contributed by atoms with E-state index in [0.717, 1.165) is 50.3 Å². The molecule has 4 N–H and O–H groups in total. The zero-order chi connectivity index (χ0) is 22.5. The van der Waals surface area contributed by atoms with Crippen molar-refractivity contribution in [3.8, 4) is 16.9 Å². The van der Waals surface area contributed by atoms with Crippen molar-refractivity contribution in [3.63, 3.8) is 0 Å². The molecule has 0 radical (unpaired) electrons. The quantitative estimate of drug-likeness (QED) is 0.524. The van der Waals surface area contributed by atoms with Crippen molar-refractivity contribution < 1.29 is 18.7 Å². The first-order chi connectivity index (χ1) is 14.8. The molecule has 1 aliphatic heterocycles. The van der Waals surface area contributed by atoms with Gasteiger partial charge in [0, 0.05) is 42.1 Å². The van der Waals surface area contributed by atoms with Gasteiger partial charge in [-0.05, 0) is 62.8 Å². The van der Waals surface area contributed by atoms with Crippen LogP contribution in [0.3, 0.4) is 0 Å². The van der Waals surface area contributed by atoms with Crippen molar-refractivity contribution in [3.05, 3.63) is 53.7 Å². The van der Waals surface area contributed by atoms with Crippen LogP contribution in [0, 0.1) is 17.0 Å². The molecule has 31 heavy (non-hydrogen) atoms. The molecule has 0 saturated carbocycles. The highest BCUT2D eigenvalue weighted by atomic mass is 19.1. The van der Waals surface area contributed by atoms with E-state index in [2.05, 4.69) is 22.6 Å². The van der Waals surface area contributed by atoms with Gasteiger partial charge in [0.25, 0.3) is 0 Å². The maximum absolute atomic E-state index is 14.4. The molecule has 3 rings (SSSR count). The van der Waals surface area contributed by atoms with Crippen LogP contribution in [0.1, 0.15) is 25.3 Å². The van der Waals surface area contributed by atoms with Crippen molar-refractivity contribution in [1.29, 1.82) is 5.41 Å². The number of rotatable bonds is 6. The van der Waals surface area contributed by atoms with E-state index in [-0.39, 0.29) is 34.2 Å². The number of piperidine rings is 1. The normalized spacial score (nSPS) is 15.5. The molecule has 1 aliphatic rings. The molecule has 0 aliphatic carbocycles. The lowest BCUT2D eigenvalue weighted by molar-refractivity contribution is -0.114. The van der Waals surface area contributed by atoms with E-state index in [4.69, 9.17) is 5.41 Å². The van der Waals surface area contributed by atoms with Crippen LogP contribution in [0.5, 0.6) is 5.75 Å². The van der Waals surface area contributed by atoms with Crippen LogP contribution in [0.15, 0.2) is 36.5 Å². The van der Waals surface area contributed by atoms with Gasteiger partial charge in [-0.2, -0.15) is 0 Å². The van der Waals surface area contributed by atoms with Crippen LogP contribution in [-0.4, -0.2) is 48.3 Å². The number of carbonyl (C=O) groups excluding carboxylic acids is 1. The van der Waals surface area contributed by atoms with Gasteiger partial charge in [0.2, 0.25) is 5.91 Å². The molecule has 1 heterocycles. The van der Waals surface area contributed by atoms with Crippen LogP contribution in [0.25, 0.3) is 16.7 Å². The van der Waals surface area contributed by atoms with Gasteiger partial charge in [0.1, 0.15) is 17.4 Å². The Morgan fingerprint density at radius 3 is 2.55 bits per heavy atom. The summed E-state index contributed by atoms with van der Waals surface area (Å²) in [5.74, 6) is -2.00. The van der Waals surface area contributed by atoms with Gasteiger partial charge in [-0.15, -0.1) is 0 Å². The molecule has 6 nitrogen and oxygen atoms in total. The zero-order valence-electron chi connectivity index (χ0n) is 17.5. The first-order valence-electron chi connectivity index (χ1n) is 10.0. The summed E-state index contributed by atoms with van der Waals surface area (Å²) in [4.78, 5) is 13.4. The Labute approximate surface area is 180 Å². The number of phenols is 1. The van der Waals surface area contributed by atoms with Gasteiger partial charge in [-0.3, -0.25) is 4.79 Å². The van der Waals surface area contributed by atoms with E-state index in [1.54, 1.807) is 6.20 Å². The number of anilines is 1. The number of likely N-dealkylation sites (tertiary alicyclic amines) is 1. The number of aromatic hydroxyl groups is 1. The van der Waals surface area contributed by atoms with E-state index in [0.29, 0.717) is 5.57 Å². The number of amides is 1. The number of nitrogens with one attached hydrogen (secondary N) is 3. The summed E-state index contributed by atoms with van der Waals surface area (Å²) < 4.78 is 28.7. The number of carbonyl (C=O) groups is 1. The van der Waals surface area contributed by atoms with Crippen LogP contribution in [0.4, 0.5) is 14.5 Å². The van der Waals surface area contributed by atoms with E-state index in [1.165, 1.54) is 19.1 Å². The minimum absolute atomic E-state index is 0.00484. The molecule has 2 aromatic rings. The summed E-state index contributed by atoms with van der Waals surface area (Å²) in [5, 5.41) is 24.2. The molecule has 1 fully saturated rings. The smallest absolute Gasteiger partial charge is 0.221 e. The highest BCUT2D eigenvalue weighted by Gasteiger charge is 2.18. The Morgan fingerprint density at radius 1 is 1.23 bits per heavy atom. The predicted molar refractivity (Wildman–Crippen MR) is 118 cm³/mol. The van der Waals surface area contributed by atoms with Crippen molar-refractivity contribution >= 4 is 23.4 Å². The molecule has 0 atom stereocenters. The van der Waals surface area contributed by atoms with Gasteiger partial charge in [-0.25, -0.2) is 8.78 Å². The Balaban J connectivity index is 1.92. The van der Waals surface area contributed by atoms with Gasteiger partial charge in [0.15, 0.2) is 0 Å². The van der Waals surface area contributed by atoms with E-state index in [1.807, 2.05) is 0 Å². The van der Waals surface area contributed by atoms with Gasteiger partial charge < -0.3 is 26.0 Å². The van der Waals surface area contributed by atoms with Crippen molar-refractivity contribution in [2.75, 3.05) is 25.5 Å². The number of benzene rings is 2. The number of allylic oxidation sites excluding steroid dienone is 1. The second-order valence-corrected chi connectivity index (χ2v) is 7.71. The molecule has 1 saturated heterocycles. The summed E-state index contributed by atoms with van der Waals surface area (Å²) in [6.07, 6.45) is 4.54. The molecule has 0 unspecified atom stereocenters. The maximum atomic E-state index is 14.4. The average Bonchev–Trinajstić information content (AvgIpc) is 2.73. The lowest BCUT2D eigenvalue weighted by Gasteiger charge is -2.29. The molecule has 164 valence electrons. The third-order valence-electron chi connectivity index (χ3n) is 5.33. The summed E-state index contributed by atoms with van der Waals surface area (Å²) >= 11 is 0. The fraction of sp³-hybridized carbons (Fsp3) is 0.304. The first kappa shape index (κ1) is 22.4. The average molecular weight is 428 g/mol. The summed E-state index contributed by atoms with van der Waals surface area (Å²) in [7, 11) is 2.06. The first-order valence-corrected chi connectivity index (χ1v) is 10.0. The number of nitrogens with zero attached hydrogens (tertiary/aromatic N) is 1. The number of hydrogen-bond acceptors (Lipinski definition) is 5. The largest absolute Gasteiger partial charge is 0.507 e. The Kier molecular flexibility index (Phi) is 7.02. The van der Waals surface area contributed by atoms with Crippen molar-refractivity contribution in [1.82, 2.24) is 10.2 Å². The fourth-order valence-corrected chi connectivity index (χ4v) is 3.59. The van der Waals surface area contributed by atoms with Gasteiger partial charge in [0.05, 0.1) is 5.69 Å². The molecular formula is C23H26F2N4O2. The van der Waals surface area contributed by atoms with Gasteiger partial charge >= 0.3 is 0 Å². The van der Waals surface area contributed by atoms with Crippen LogP contribution in [0.2, 0.25) is 0 Å². The van der Waals surface area contributed by atoms with Crippen molar-refractivity contribution in [2.45, 2.75) is 25.8 Å². The molecule has 1 amide bonds. The summed E-state index contributed by atoms with van der Waals surface area (Å²) in [5.41, 5.74) is 0.784. The van der Waals surface area contributed by atoms with Crippen LogP contribution in [-0.2, 0) is 4.79 Å². The highest BCUT2D eigenvalue weighted by Crippen LogP contribution is 2.37. The van der Waals surface area contributed by atoms with Gasteiger partial charge in [-0.1, -0.05) is 6.07 Å². The zero-order valence-corrected chi connectivity index (χ0v) is 17.5. The second kappa shape index (κ2) is 9.70. The van der Waals surface area contributed by atoms with E-state index in [9.17, 15) is 18.7 Å². The highest BCUT2D eigenvalue weighted by molar-refractivity contribution is 6.10. The summed E-state index contributed by atoms with van der Waals surface area (Å²) in [6, 6.07) is 6.44. The molecule has 2 aromatic carbocycles. The topological polar surface area (TPSA) is 88.5 Å². The third-order valence-corrected chi connectivity index (χ3v) is 5.33. The SMILES string of the molecule is CC(=O)Nc1ccc(-c2cc(F)cc(/C(C=N)=C/NC3CCN(C)CC3)c2O)cc1F. The third kappa shape index (κ3) is 5.46. The minimum atomic E-state index is -0.704. The number of hydrogen-bond donors (Lipinski definition) is 4. The summed E-state index contributed by atoms with van der Waals surface area (Å²) in [6.45, 7) is 3.19. The lowest BCUT2D eigenvalue weighted by Crippen LogP contribution is -2.38. The number of phenolic OH excluding ortho intramolecular Hbond substituents is 1. The molecule has 0 aromatic heterocycles. The van der Waals surface area contributed by atoms with Crippen molar-refractivity contribution in [2.24, 2.45) is 0 Å². The van der Waals surface area contributed by atoms with E-state index >= 15 is 0 Å². The number of halogens is 2. The minimum Gasteiger partial charge on any atom is -0.507 e. The predicted octanol–water partition coefficient (Wildman–Crippen LogP) is 3.97. The fourth-order valence-electron chi connectivity index (χ4n) is 3.59. The Morgan fingerprint density at radius 2 is 1.94 bits per heavy atom. The van der Waals surface area contributed by atoms with Crippen LogP contribution < -0.4 is 10.6 Å². The Bertz CT molecular complexity index is 1010. The standard InChI is InChI=1S/C23H26F2N4O2/c1-14(30)28-22-4-3-15(9-21(22)25)19-10-17(24)11-20(23(19)31)16(12-26)13-27-18-5-7-29(2)8-6-18/h3-4,9-13,18,26-27,31H,5-8H2,1-2H3,(H,28,30)/b16-13+,26-12?. The molecule has 8 heteroatoms. The van der Waals surface area contributed by atoms with Crippen LogP contribution >= 0.6 is 0 Å². The molecule has 0 spiro atoms.